The van der Waals surface area contributed by atoms with Crippen molar-refractivity contribution in [2.45, 2.75) is 21.1 Å². The topological polar surface area (TPSA) is 0 Å². The molecule has 1 atom stereocenters. The molecule has 4 rings (SSSR count). The van der Waals surface area contributed by atoms with Crippen LogP contribution in [0.4, 0.5) is 0 Å². The van der Waals surface area contributed by atoms with Gasteiger partial charge in [0.05, 0.1) is 0 Å². The van der Waals surface area contributed by atoms with E-state index in [0.717, 1.165) is 3.63 Å². The van der Waals surface area contributed by atoms with Crippen LogP contribution in [0.5, 0.6) is 0 Å². The van der Waals surface area contributed by atoms with E-state index in [2.05, 4.69) is 80.6 Å². The van der Waals surface area contributed by atoms with E-state index >= 15 is 0 Å². The van der Waals surface area contributed by atoms with Crippen molar-refractivity contribution in [3.63, 3.8) is 0 Å². The van der Waals surface area contributed by atoms with E-state index < -0.39 is 23.2 Å². The molecule has 0 nitrogen and oxygen atoms in total. The van der Waals surface area contributed by atoms with Gasteiger partial charge >= 0.3 is 145 Å². The van der Waals surface area contributed by atoms with Crippen molar-refractivity contribution in [1.82, 2.24) is 0 Å². The molecule has 108 valence electrons. The molecule has 2 aromatic rings. The number of fused-ring (bicyclic) bond motifs is 3. The second-order valence-corrected chi connectivity index (χ2v) is 10.4. The van der Waals surface area contributed by atoms with Crippen molar-refractivity contribution in [2.24, 2.45) is 5.92 Å². The minimum atomic E-state index is -0.607. The molecule has 22 heavy (non-hydrogen) atoms. The van der Waals surface area contributed by atoms with Crippen LogP contribution in [0.2, 0.25) is 3.63 Å². The van der Waals surface area contributed by atoms with Gasteiger partial charge in [0.1, 0.15) is 0 Å². The van der Waals surface area contributed by atoms with E-state index in [1.807, 2.05) is 0 Å². The quantitative estimate of drug-likeness (QED) is 0.648. The number of hydrogen-bond donors (Lipinski definition) is 0. The van der Waals surface area contributed by atoms with Gasteiger partial charge in [-0.3, -0.25) is 0 Å². The molecule has 1 heteroatoms. The van der Waals surface area contributed by atoms with E-state index in [0.29, 0.717) is 9.54 Å². The molecule has 0 spiro atoms. The summed E-state index contributed by atoms with van der Waals surface area (Å²) in [5.41, 5.74) is 7.63. The Morgan fingerprint density at radius 2 is 1.45 bits per heavy atom. The van der Waals surface area contributed by atoms with Crippen LogP contribution in [0.15, 0.2) is 72.3 Å². The molecule has 0 heterocycles. The summed E-state index contributed by atoms with van der Waals surface area (Å²) in [5, 5.41) is 0. The Balaban J connectivity index is 1.70. The average molecular weight is 364 g/mol. The van der Waals surface area contributed by atoms with Crippen molar-refractivity contribution in [1.29, 1.82) is 0 Å². The molecule has 0 bridgehead atoms. The van der Waals surface area contributed by atoms with Gasteiger partial charge in [0.15, 0.2) is 0 Å². The Kier molecular flexibility index (Phi) is 3.78. The summed E-state index contributed by atoms with van der Waals surface area (Å²) in [6.45, 7) is 4.59. The third-order valence-corrected chi connectivity index (χ3v) is 8.90. The SMILES string of the molecule is CC(C)C1=C[CH]([Zr][CH]2c3ccccc3-c3ccccc32)C=C1. The van der Waals surface area contributed by atoms with Crippen molar-refractivity contribution in [2.75, 3.05) is 0 Å². The standard InChI is InChI=1S/C13H9.C8H11.Zr/c1-3-7-12-10(5-1)9-11-6-2-4-8-13(11)12;1-7(2)8-5-3-4-6-8;/h1-9H;3-7H,1-2H3;. The normalized spacial score (nSPS) is 19.2. The molecule has 0 saturated heterocycles. The van der Waals surface area contributed by atoms with Crippen LogP contribution < -0.4 is 0 Å². The van der Waals surface area contributed by atoms with Crippen LogP contribution >= 0.6 is 0 Å². The summed E-state index contributed by atoms with van der Waals surface area (Å²) in [5.74, 6) is 0.656. The Hall–Kier alpha value is -1.20. The zero-order valence-electron chi connectivity index (χ0n) is 13.1. The Morgan fingerprint density at radius 1 is 0.864 bits per heavy atom. The van der Waals surface area contributed by atoms with E-state index in [-0.39, 0.29) is 0 Å². The monoisotopic (exact) mass is 362 g/mol. The van der Waals surface area contributed by atoms with Gasteiger partial charge < -0.3 is 0 Å². The molecule has 0 amide bonds. The molecule has 2 aliphatic rings. The van der Waals surface area contributed by atoms with Crippen LogP contribution in [0.1, 0.15) is 28.6 Å². The molecule has 2 aromatic carbocycles. The first-order valence-corrected chi connectivity index (χ1v) is 10.9. The molecule has 0 radical (unpaired) electrons. The summed E-state index contributed by atoms with van der Waals surface area (Å²) in [7, 11) is 0. The first-order chi connectivity index (χ1) is 10.7. The van der Waals surface area contributed by atoms with E-state index in [4.69, 9.17) is 0 Å². The maximum atomic E-state index is 2.54. The van der Waals surface area contributed by atoms with Crippen LogP contribution in [-0.4, -0.2) is 0 Å². The number of benzene rings is 2. The second kappa shape index (κ2) is 5.78. The Bertz CT molecular complexity index is 721. The molecule has 0 aliphatic heterocycles. The van der Waals surface area contributed by atoms with E-state index in [1.165, 1.54) is 16.7 Å². The van der Waals surface area contributed by atoms with Crippen LogP contribution in [0.3, 0.4) is 0 Å². The van der Waals surface area contributed by atoms with E-state index in [1.54, 1.807) is 11.1 Å². The van der Waals surface area contributed by atoms with Gasteiger partial charge in [-0.05, 0) is 0 Å². The molecule has 0 saturated carbocycles. The van der Waals surface area contributed by atoms with Crippen molar-refractivity contribution in [3.05, 3.63) is 83.5 Å². The fourth-order valence-corrected chi connectivity index (χ4v) is 7.83. The van der Waals surface area contributed by atoms with Gasteiger partial charge in [-0.25, -0.2) is 0 Å². The Labute approximate surface area is 144 Å². The first kappa shape index (κ1) is 14.4. The summed E-state index contributed by atoms with van der Waals surface area (Å²) >= 11 is -0.607. The predicted octanol–water partition coefficient (Wildman–Crippen LogP) is 5.78. The molecular formula is C21H20Zr. The summed E-state index contributed by atoms with van der Waals surface area (Å²) in [6, 6.07) is 18.1. The van der Waals surface area contributed by atoms with Gasteiger partial charge in [0, 0.05) is 0 Å². The van der Waals surface area contributed by atoms with Gasteiger partial charge in [-0.2, -0.15) is 0 Å². The molecule has 1 unspecified atom stereocenters. The zero-order valence-corrected chi connectivity index (χ0v) is 15.5. The van der Waals surface area contributed by atoms with Crippen molar-refractivity contribution >= 4 is 0 Å². The third-order valence-electron chi connectivity index (χ3n) is 4.73. The third kappa shape index (κ3) is 2.40. The van der Waals surface area contributed by atoms with Gasteiger partial charge in [0.25, 0.3) is 0 Å². The number of hydrogen-bond acceptors (Lipinski definition) is 0. The van der Waals surface area contributed by atoms with Gasteiger partial charge in [0.2, 0.25) is 0 Å². The predicted molar refractivity (Wildman–Crippen MR) is 89.5 cm³/mol. The van der Waals surface area contributed by atoms with Crippen molar-refractivity contribution < 1.29 is 23.2 Å². The Morgan fingerprint density at radius 3 is 2.00 bits per heavy atom. The maximum absolute atomic E-state index is 2.54. The van der Waals surface area contributed by atoms with Gasteiger partial charge in [-0.15, -0.1) is 0 Å². The molecule has 0 fully saturated rings. The molecule has 0 N–H and O–H groups in total. The second-order valence-electron chi connectivity index (χ2n) is 6.48. The van der Waals surface area contributed by atoms with Gasteiger partial charge in [-0.1, -0.05) is 0 Å². The van der Waals surface area contributed by atoms with Crippen molar-refractivity contribution in [3.8, 4) is 11.1 Å². The average Bonchev–Trinajstić information content (AvgIpc) is 3.13. The minimum absolute atomic E-state index is 0.607. The fourth-order valence-electron chi connectivity index (χ4n) is 3.55. The summed E-state index contributed by atoms with van der Waals surface area (Å²) in [6.07, 6.45) is 7.37. The van der Waals surface area contributed by atoms with Crippen LogP contribution in [-0.2, 0) is 23.2 Å². The summed E-state index contributed by atoms with van der Waals surface area (Å²) in [4.78, 5) is 0. The summed E-state index contributed by atoms with van der Waals surface area (Å²) < 4.78 is 1.44. The van der Waals surface area contributed by atoms with Crippen LogP contribution in [0.25, 0.3) is 11.1 Å². The van der Waals surface area contributed by atoms with Crippen LogP contribution in [0, 0.1) is 5.92 Å². The van der Waals surface area contributed by atoms with E-state index in [9.17, 15) is 0 Å². The molecule has 0 aromatic heterocycles. The number of allylic oxidation sites excluding steroid dienone is 4. The fraction of sp³-hybridized carbons (Fsp3) is 0.238. The molecular weight excluding hydrogens is 343 g/mol. The zero-order chi connectivity index (χ0) is 15.1. The molecule has 2 aliphatic carbocycles. The number of rotatable bonds is 3. The first-order valence-electron chi connectivity index (χ1n) is 8.08.